The van der Waals surface area contributed by atoms with Crippen LogP contribution in [0.3, 0.4) is 0 Å². The fourth-order valence-electron chi connectivity index (χ4n) is 4.78. The molecule has 0 spiro atoms. The number of aromatic nitrogens is 1. The highest BCUT2D eigenvalue weighted by Crippen LogP contribution is 2.32. The Morgan fingerprint density at radius 3 is 2.97 bits per heavy atom. The van der Waals surface area contributed by atoms with E-state index in [1.54, 1.807) is 6.07 Å². The van der Waals surface area contributed by atoms with Crippen molar-refractivity contribution in [3.8, 4) is 0 Å². The SMILES string of the molecule is CC(F)(F)c1cccc([C@H](C(=O)O)N2CC[C@@H](OCCCCc3ccc4c(n3)NCCC4)C2)c1. The number of carboxylic acid groups (broad SMARTS) is 1. The van der Waals surface area contributed by atoms with Crippen molar-refractivity contribution >= 4 is 11.8 Å². The lowest BCUT2D eigenvalue weighted by atomic mass is 10.0. The van der Waals surface area contributed by atoms with Crippen molar-refractivity contribution < 1.29 is 23.4 Å². The van der Waals surface area contributed by atoms with Crippen molar-refractivity contribution in [2.45, 2.75) is 63.5 Å². The Balaban J connectivity index is 1.24. The average Bonchev–Trinajstić information content (AvgIpc) is 3.26. The highest BCUT2D eigenvalue weighted by Gasteiger charge is 2.35. The molecule has 2 aromatic rings. The number of unbranched alkanes of at least 4 members (excludes halogenated alkanes) is 1. The summed E-state index contributed by atoms with van der Waals surface area (Å²) >= 11 is 0. The topological polar surface area (TPSA) is 74.7 Å². The van der Waals surface area contributed by atoms with E-state index in [0.717, 1.165) is 63.5 Å². The van der Waals surface area contributed by atoms with E-state index in [0.29, 0.717) is 25.3 Å². The number of nitrogens with zero attached hydrogens (tertiary/aromatic N) is 2. The number of hydrogen-bond donors (Lipinski definition) is 2. The molecule has 0 bridgehead atoms. The Bertz CT molecular complexity index is 995. The van der Waals surface area contributed by atoms with E-state index < -0.39 is 17.9 Å². The number of carbonyl (C=O) groups is 1. The molecule has 0 radical (unpaired) electrons. The molecule has 1 saturated heterocycles. The smallest absolute Gasteiger partial charge is 0.325 e. The van der Waals surface area contributed by atoms with Gasteiger partial charge in [-0.05, 0) is 61.8 Å². The molecule has 8 heteroatoms. The minimum atomic E-state index is -3.01. The molecule has 0 amide bonds. The largest absolute Gasteiger partial charge is 0.480 e. The Hall–Kier alpha value is -2.58. The van der Waals surface area contributed by atoms with Crippen LogP contribution in [0, 0.1) is 0 Å². The van der Waals surface area contributed by atoms with Crippen LogP contribution in [0.25, 0.3) is 0 Å². The first-order valence-electron chi connectivity index (χ1n) is 12.1. The highest BCUT2D eigenvalue weighted by molar-refractivity contribution is 5.75. The molecule has 0 saturated carbocycles. The van der Waals surface area contributed by atoms with E-state index in [1.165, 1.54) is 23.8 Å². The molecule has 0 aliphatic carbocycles. The summed E-state index contributed by atoms with van der Waals surface area (Å²) in [5, 5.41) is 13.2. The number of aliphatic carboxylic acids is 1. The summed E-state index contributed by atoms with van der Waals surface area (Å²) in [6, 6.07) is 9.05. The summed E-state index contributed by atoms with van der Waals surface area (Å²) in [6.07, 6.45) is 5.68. The number of alkyl halides is 2. The van der Waals surface area contributed by atoms with Gasteiger partial charge in [-0.2, -0.15) is 0 Å². The van der Waals surface area contributed by atoms with Crippen LogP contribution in [0.15, 0.2) is 36.4 Å². The van der Waals surface area contributed by atoms with Crippen molar-refractivity contribution in [2.24, 2.45) is 0 Å². The van der Waals surface area contributed by atoms with Crippen molar-refractivity contribution in [2.75, 3.05) is 31.6 Å². The average molecular weight is 474 g/mol. The molecule has 1 aromatic heterocycles. The van der Waals surface area contributed by atoms with Gasteiger partial charge in [-0.15, -0.1) is 0 Å². The number of nitrogens with one attached hydrogen (secondary N) is 1. The quantitative estimate of drug-likeness (QED) is 0.484. The van der Waals surface area contributed by atoms with Crippen molar-refractivity contribution in [3.05, 3.63) is 58.8 Å². The van der Waals surface area contributed by atoms with Crippen LogP contribution in [0.5, 0.6) is 0 Å². The predicted octanol–water partition coefficient (Wildman–Crippen LogP) is 4.79. The molecule has 2 N–H and O–H groups in total. The normalized spacial score (nSPS) is 19.4. The van der Waals surface area contributed by atoms with Gasteiger partial charge in [0, 0.05) is 44.4 Å². The number of ether oxygens (including phenoxy) is 1. The molecule has 2 aliphatic heterocycles. The van der Waals surface area contributed by atoms with Crippen LogP contribution in [0.2, 0.25) is 0 Å². The standard InChI is InChI=1S/C26H33F2N3O3/c1-26(27,28)20-8-4-6-19(16-20)23(25(32)33)31-14-12-22(17-31)34-15-3-2-9-21-11-10-18-7-5-13-29-24(18)30-21/h4,6,8,10-11,16,22-23H,2-3,5,7,9,12-15,17H2,1H3,(H,29,30)(H,32,33)/t22-,23-/m1/s1. The van der Waals surface area contributed by atoms with E-state index in [4.69, 9.17) is 9.72 Å². The molecule has 1 aromatic carbocycles. The minimum absolute atomic E-state index is 0.0521. The number of aryl methyl sites for hydroxylation is 2. The number of pyridine rings is 1. The number of anilines is 1. The number of likely N-dealkylation sites (tertiary alicyclic amines) is 1. The summed E-state index contributed by atoms with van der Waals surface area (Å²) in [4.78, 5) is 18.5. The first kappa shape index (κ1) is 24.5. The summed E-state index contributed by atoms with van der Waals surface area (Å²) in [6.45, 7) is 3.44. The summed E-state index contributed by atoms with van der Waals surface area (Å²) < 4.78 is 33.5. The highest BCUT2D eigenvalue weighted by atomic mass is 19.3. The zero-order valence-corrected chi connectivity index (χ0v) is 19.6. The van der Waals surface area contributed by atoms with Crippen LogP contribution in [-0.2, 0) is 28.3 Å². The Morgan fingerprint density at radius 1 is 1.32 bits per heavy atom. The van der Waals surface area contributed by atoms with Crippen LogP contribution >= 0.6 is 0 Å². The van der Waals surface area contributed by atoms with E-state index in [9.17, 15) is 18.7 Å². The van der Waals surface area contributed by atoms with Gasteiger partial charge in [-0.25, -0.2) is 13.8 Å². The number of halogens is 2. The molecule has 6 nitrogen and oxygen atoms in total. The number of rotatable bonds is 10. The van der Waals surface area contributed by atoms with Gasteiger partial charge in [0.05, 0.1) is 6.10 Å². The van der Waals surface area contributed by atoms with Gasteiger partial charge < -0.3 is 15.2 Å². The number of fused-ring (bicyclic) bond motifs is 1. The maximum absolute atomic E-state index is 13.7. The summed E-state index contributed by atoms with van der Waals surface area (Å²) in [7, 11) is 0. The van der Waals surface area contributed by atoms with Gasteiger partial charge >= 0.3 is 5.97 Å². The monoisotopic (exact) mass is 473 g/mol. The van der Waals surface area contributed by atoms with E-state index in [-0.39, 0.29) is 11.7 Å². The zero-order valence-electron chi connectivity index (χ0n) is 19.6. The van der Waals surface area contributed by atoms with Crippen molar-refractivity contribution in [1.82, 2.24) is 9.88 Å². The second kappa shape index (κ2) is 10.8. The van der Waals surface area contributed by atoms with Crippen molar-refractivity contribution in [1.29, 1.82) is 0 Å². The van der Waals surface area contributed by atoms with E-state index in [1.807, 2.05) is 4.90 Å². The molecule has 4 rings (SSSR count). The fourth-order valence-corrected chi connectivity index (χ4v) is 4.78. The predicted molar refractivity (Wildman–Crippen MR) is 126 cm³/mol. The lowest BCUT2D eigenvalue weighted by Crippen LogP contribution is -2.33. The second-order valence-electron chi connectivity index (χ2n) is 9.33. The zero-order chi connectivity index (χ0) is 24.1. The maximum Gasteiger partial charge on any atom is 0.325 e. The number of benzene rings is 1. The summed E-state index contributed by atoms with van der Waals surface area (Å²) in [5.41, 5.74) is 2.58. The third-order valence-electron chi connectivity index (χ3n) is 6.62. The Morgan fingerprint density at radius 2 is 2.18 bits per heavy atom. The van der Waals surface area contributed by atoms with Gasteiger partial charge in [0.25, 0.3) is 5.92 Å². The first-order chi connectivity index (χ1) is 16.3. The van der Waals surface area contributed by atoms with Gasteiger partial charge in [-0.3, -0.25) is 9.69 Å². The van der Waals surface area contributed by atoms with Crippen molar-refractivity contribution in [3.63, 3.8) is 0 Å². The fraction of sp³-hybridized carbons (Fsp3) is 0.538. The van der Waals surface area contributed by atoms with E-state index >= 15 is 0 Å². The van der Waals surface area contributed by atoms with Crippen LogP contribution in [-0.4, -0.2) is 53.3 Å². The van der Waals surface area contributed by atoms with Crippen LogP contribution in [0.1, 0.15) is 61.0 Å². The third-order valence-corrected chi connectivity index (χ3v) is 6.62. The molecule has 3 heterocycles. The molecule has 1 fully saturated rings. The van der Waals surface area contributed by atoms with Gasteiger partial charge in [-0.1, -0.05) is 24.3 Å². The molecule has 2 aliphatic rings. The van der Waals surface area contributed by atoms with Crippen LogP contribution in [0.4, 0.5) is 14.6 Å². The molecule has 2 atom stereocenters. The molecular formula is C26H33F2N3O3. The maximum atomic E-state index is 13.7. The molecule has 34 heavy (non-hydrogen) atoms. The summed E-state index contributed by atoms with van der Waals surface area (Å²) in [5.74, 6) is -3.03. The minimum Gasteiger partial charge on any atom is -0.480 e. The first-order valence-corrected chi connectivity index (χ1v) is 12.1. The van der Waals surface area contributed by atoms with Gasteiger partial charge in [0.15, 0.2) is 0 Å². The second-order valence-corrected chi connectivity index (χ2v) is 9.33. The Kier molecular flexibility index (Phi) is 7.78. The van der Waals surface area contributed by atoms with E-state index in [2.05, 4.69) is 17.4 Å². The lowest BCUT2D eigenvalue weighted by Gasteiger charge is -2.25. The lowest BCUT2D eigenvalue weighted by molar-refractivity contribution is -0.143. The van der Waals surface area contributed by atoms with Gasteiger partial charge in [0.1, 0.15) is 11.9 Å². The molecule has 0 unspecified atom stereocenters. The van der Waals surface area contributed by atoms with Crippen LogP contribution < -0.4 is 5.32 Å². The number of carboxylic acids is 1. The molecule has 184 valence electrons. The number of hydrogen-bond acceptors (Lipinski definition) is 5. The third kappa shape index (κ3) is 6.10. The molecular weight excluding hydrogens is 440 g/mol. The Labute approximate surface area is 199 Å². The van der Waals surface area contributed by atoms with Gasteiger partial charge in [0.2, 0.25) is 0 Å².